The second-order valence-electron chi connectivity index (χ2n) is 1.39. The molecule has 1 aromatic rings. The molecule has 0 saturated heterocycles. The molecule has 0 bridgehead atoms. The van der Waals surface area contributed by atoms with Gasteiger partial charge in [-0.3, -0.25) is 0 Å². The first-order chi connectivity index (χ1) is 4.11. The van der Waals surface area contributed by atoms with Crippen molar-refractivity contribution in [3.63, 3.8) is 0 Å². The molecule has 0 aromatic carbocycles. The maximum absolute atomic E-state index is 10.0. The van der Waals surface area contributed by atoms with Crippen LogP contribution in [0.25, 0.3) is 0 Å². The largest absolute Gasteiger partial charge is 1.00 e. The first-order valence-corrected chi connectivity index (χ1v) is 3.51. The molecule has 1 heterocycles. The van der Waals surface area contributed by atoms with E-state index in [1.54, 1.807) is 0 Å². The topological polar surface area (TPSA) is 70.3 Å². The van der Waals surface area contributed by atoms with E-state index in [4.69, 9.17) is 0 Å². The molecule has 50 valence electrons. The van der Waals surface area contributed by atoms with Crippen molar-refractivity contribution in [2.75, 3.05) is 0 Å². The quantitative estimate of drug-likeness (QED) is 0.337. The zero-order chi connectivity index (χ0) is 6.91. The minimum atomic E-state index is -4.38. The second kappa shape index (κ2) is 3.54. The van der Waals surface area contributed by atoms with Gasteiger partial charge in [0.2, 0.25) is 5.09 Å². The summed E-state index contributed by atoms with van der Waals surface area (Å²) in [5.41, 5.74) is 0. The molecule has 1 rings (SSSR count). The summed E-state index contributed by atoms with van der Waals surface area (Å²) in [5.74, 6) is 0. The summed E-state index contributed by atoms with van der Waals surface area (Å²) in [5, 5.41) is -0.539. The third-order valence-electron chi connectivity index (χ3n) is 0.741. The van der Waals surface area contributed by atoms with Gasteiger partial charge in [-0.2, -0.15) is 0 Å². The Kier molecular flexibility index (Phi) is 3.61. The fourth-order valence-electron chi connectivity index (χ4n) is 0.406. The number of furan rings is 1. The molecule has 0 amide bonds. The van der Waals surface area contributed by atoms with Crippen LogP contribution in [0.3, 0.4) is 0 Å². The van der Waals surface area contributed by atoms with Crippen LogP contribution < -0.4 is 29.6 Å². The van der Waals surface area contributed by atoms with Crippen LogP contribution in [0, 0.1) is 0 Å². The molecule has 0 atom stereocenters. The van der Waals surface area contributed by atoms with Gasteiger partial charge in [-0.25, -0.2) is 8.42 Å². The van der Waals surface area contributed by atoms with Crippen molar-refractivity contribution in [3.8, 4) is 0 Å². The summed E-state index contributed by atoms with van der Waals surface area (Å²) in [6.45, 7) is 0. The van der Waals surface area contributed by atoms with Crippen molar-refractivity contribution >= 4 is 10.1 Å². The van der Waals surface area contributed by atoms with Crippen molar-refractivity contribution in [3.05, 3.63) is 18.4 Å². The van der Waals surface area contributed by atoms with E-state index in [9.17, 15) is 13.0 Å². The zero-order valence-corrected chi connectivity index (χ0v) is 8.09. The van der Waals surface area contributed by atoms with Crippen molar-refractivity contribution in [2.45, 2.75) is 5.09 Å². The summed E-state index contributed by atoms with van der Waals surface area (Å²) in [6, 6.07) is 2.44. The summed E-state index contributed by atoms with van der Waals surface area (Å²) in [6.07, 6.45) is 1.13. The van der Waals surface area contributed by atoms with Crippen molar-refractivity contribution in [1.82, 2.24) is 0 Å². The van der Waals surface area contributed by atoms with Gasteiger partial charge in [0.05, 0.1) is 6.26 Å². The maximum Gasteiger partial charge on any atom is 1.00 e. The molecule has 0 unspecified atom stereocenters. The smallest absolute Gasteiger partial charge is 0.742 e. The Morgan fingerprint density at radius 1 is 1.50 bits per heavy atom. The van der Waals surface area contributed by atoms with Gasteiger partial charge in [0.1, 0.15) is 0 Å². The normalized spacial score (nSPS) is 10.5. The van der Waals surface area contributed by atoms with E-state index in [1.807, 2.05) is 0 Å². The molecule has 1 aromatic heterocycles. The average molecular weight is 170 g/mol. The van der Waals surface area contributed by atoms with Gasteiger partial charge in [0.15, 0.2) is 10.1 Å². The Morgan fingerprint density at radius 2 is 2.10 bits per heavy atom. The molecule has 0 aliphatic heterocycles. The summed E-state index contributed by atoms with van der Waals surface area (Å²) in [4.78, 5) is 0. The van der Waals surface area contributed by atoms with Crippen LogP contribution in [0.5, 0.6) is 0 Å². The molecule has 10 heavy (non-hydrogen) atoms. The van der Waals surface area contributed by atoms with E-state index >= 15 is 0 Å². The van der Waals surface area contributed by atoms with E-state index in [1.165, 1.54) is 6.07 Å². The fourth-order valence-corrected chi connectivity index (χ4v) is 0.824. The van der Waals surface area contributed by atoms with Crippen LogP contribution >= 0.6 is 0 Å². The van der Waals surface area contributed by atoms with E-state index in [-0.39, 0.29) is 29.6 Å². The third kappa shape index (κ3) is 2.43. The Hall–Kier alpha value is 0.190. The Labute approximate surface area is 80.3 Å². The third-order valence-corrected chi connectivity index (χ3v) is 1.47. The summed E-state index contributed by atoms with van der Waals surface area (Å²) >= 11 is 0. The van der Waals surface area contributed by atoms with Gasteiger partial charge < -0.3 is 8.97 Å². The standard InChI is InChI=1S/C4H4O4S.Na/c5-9(6,7)4-2-1-3-8-4;/h1-3H,(H,5,6,7);/q;+1/p-1. The van der Waals surface area contributed by atoms with Crippen LogP contribution in [-0.4, -0.2) is 13.0 Å². The number of hydrogen-bond acceptors (Lipinski definition) is 4. The molecular weight excluding hydrogens is 167 g/mol. The van der Waals surface area contributed by atoms with E-state index in [2.05, 4.69) is 4.42 Å². The molecule has 0 fully saturated rings. The fraction of sp³-hybridized carbons (Fsp3) is 0. The van der Waals surface area contributed by atoms with Gasteiger partial charge >= 0.3 is 29.6 Å². The van der Waals surface area contributed by atoms with Crippen molar-refractivity contribution < 1.29 is 46.9 Å². The van der Waals surface area contributed by atoms with Gasteiger partial charge in [-0.15, -0.1) is 0 Å². The molecule has 6 heteroatoms. The van der Waals surface area contributed by atoms with Crippen LogP contribution in [-0.2, 0) is 10.1 Å². The van der Waals surface area contributed by atoms with E-state index in [0.717, 1.165) is 12.3 Å². The van der Waals surface area contributed by atoms with Crippen LogP contribution in [0.4, 0.5) is 0 Å². The Bertz CT molecular complexity index is 274. The second-order valence-corrected chi connectivity index (χ2v) is 2.70. The van der Waals surface area contributed by atoms with Gasteiger partial charge in [0.25, 0.3) is 0 Å². The van der Waals surface area contributed by atoms with Gasteiger partial charge in [0, 0.05) is 0 Å². The van der Waals surface area contributed by atoms with Crippen molar-refractivity contribution in [1.29, 1.82) is 0 Å². The minimum absolute atomic E-state index is 0. The molecule has 0 saturated carbocycles. The predicted octanol–water partition coefficient (Wildman–Crippen LogP) is -2.81. The van der Waals surface area contributed by atoms with Gasteiger partial charge in [-0.05, 0) is 12.1 Å². The van der Waals surface area contributed by atoms with Crippen LogP contribution in [0.2, 0.25) is 0 Å². The first-order valence-electron chi connectivity index (χ1n) is 2.10. The SMILES string of the molecule is O=S(=O)([O-])c1ccco1.[Na+]. The van der Waals surface area contributed by atoms with Gasteiger partial charge in [-0.1, -0.05) is 0 Å². The number of hydrogen-bond donors (Lipinski definition) is 0. The Morgan fingerprint density at radius 3 is 2.30 bits per heavy atom. The molecule has 0 spiro atoms. The molecule has 0 aliphatic rings. The molecule has 0 radical (unpaired) electrons. The molecule has 0 N–H and O–H groups in total. The summed E-state index contributed by atoms with van der Waals surface area (Å²) < 4.78 is 34.4. The first kappa shape index (κ1) is 10.2. The predicted molar refractivity (Wildman–Crippen MR) is 26.7 cm³/mol. The van der Waals surface area contributed by atoms with E-state index in [0.29, 0.717) is 0 Å². The van der Waals surface area contributed by atoms with Crippen molar-refractivity contribution in [2.24, 2.45) is 0 Å². The van der Waals surface area contributed by atoms with Crippen LogP contribution in [0.1, 0.15) is 0 Å². The molecular formula is C4H3NaO4S. The monoisotopic (exact) mass is 170 g/mol. The summed E-state index contributed by atoms with van der Waals surface area (Å²) in [7, 11) is -4.38. The zero-order valence-electron chi connectivity index (χ0n) is 5.27. The van der Waals surface area contributed by atoms with Crippen LogP contribution in [0.15, 0.2) is 27.9 Å². The maximum atomic E-state index is 10.0. The minimum Gasteiger partial charge on any atom is -0.742 e. The molecule has 4 nitrogen and oxygen atoms in total. The number of rotatable bonds is 1. The molecule has 0 aliphatic carbocycles. The Balaban J connectivity index is 0.000000810. The average Bonchev–Trinajstić information content (AvgIpc) is 2.08. The van der Waals surface area contributed by atoms with E-state index < -0.39 is 15.2 Å².